The summed E-state index contributed by atoms with van der Waals surface area (Å²) in [5.41, 5.74) is 0.736. The third kappa shape index (κ3) is 3.07. The molecule has 0 spiro atoms. The summed E-state index contributed by atoms with van der Waals surface area (Å²) in [5.74, 6) is -1.92. The first kappa shape index (κ1) is 17.7. The van der Waals surface area contributed by atoms with Gasteiger partial charge in [0.2, 0.25) is 0 Å². The summed E-state index contributed by atoms with van der Waals surface area (Å²) in [6.45, 7) is 0.0529. The number of ketones is 1. The predicted octanol–water partition coefficient (Wildman–Crippen LogP) is 3.44. The van der Waals surface area contributed by atoms with Crippen molar-refractivity contribution < 1.29 is 23.5 Å². The van der Waals surface area contributed by atoms with Crippen LogP contribution in [0.5, 0.6) is 0 Å². The van der Waals surface area contributed by atoms with Gasteiger partial charge in [0.1, 0.15) is 17.3 Å². The maximum Gasteiger partial charge on any atom is 0.296 e. The van der Waals surface area contributed by atoms with Gasteiger partial charge in [-0.3, -0.25) is 14.6 Å². The van der Waals surface area contributed by atoms with Gasteiger partial charge in [0.25, 0.3) is 11.7 Å². The van der Waals surface area contributed by atoms with Gasteiger partial charge in [-0.05, 0) is 48.0 Å². The van der Waals surface area contributed by atoms with Gasteiger partial charge in [0.15, 0.2) is 0 Å². The first-order valence-electron chi connectivity index (χ1n) is 8.53. The zero-order chi connectivity index (χ0) is 19.7. The molecule has 1 aliphatic heterocycles. The molecule has 1 saturated heterocycles. The Morgan fingerprint density at radius 2 is 1.93 bits per heavy atom. The fraction of sp³-hybridized carbons (Fsp3) is 0.0952. The van der Waals surface area contributed by atoms with Gasteiger partial charge >= 0.3 is 0 Å². The molecule has 1 fully saturated rings. The van der Waals surface area contributed by atoms with Crippen molar-refractivity contribution in [2.75, 3.05) is 0 Å². The van der Waals surface area contributed by atoms with E-state index in [-0.39, 0.29) is 23.4 Å². The highest BCUT2D eigenvalue weighted by atomic mass is 19.1. The number of nitrogens with zero attached hydrogens (tertiary/aromatic N) is 2. The number of carbonyl (C=O) groups is 2. The lowest BCUT2D eigenvalue weighted by molar-refractivity contribution is -0.140. The molecule has 0 bridgehead atoms. The number of Topliss-reactive ketones (excluding diaryl/α,β-unsaturated/α-hetero) is 1. The monoisotopic (exact) mass is 378 g/mol. The van der Waals surface area contributed by atoms with E-state index in [2.05, 4.69) is 4.98 Å². The first-order chi connectivity index (χ1) is 13.6. The number of aliphatic hydroxyl groups is 1. The lowest BCUT2D eigenvalue weighted by Crippen LogP contribution is -2.29. The molecule has 7 heteroatoms. The van der Waals surface area contributed by atoms with Crippen LogP contribution < -0.4 is 0 Å². The molecule has 4 rings (SSSR count). The zero-order valence-corrected chi connectivity index (χ0v) is 14.6. The molecule has 6 nitrogen and oxygen atoms in total. The predicted molar refractivity (Wildman–Crippen MR) is 97.2 cm³/mol. The van der Waals surface area contributed by atoms with Crippen LogP contribution in [-0.2, 0) is 16.1 Å². The molecule has 1 unspecified atom stereocenters. The fourth-order valence-electron chi connectivity index (χ4n) is 3.26. The van der Waals surface area contributed by atoms with Gasteiger partial charge in [0, 0.05) is 18.0 Å². The van der Waals surface area contributed by atoms with Gasteiger partial charge in [-0.25, -0.2) is 4.39 Å². The van der Waals surface area contributed by atoms with Gasteiger partial charge < -0.3 is 14.4 Å². The van der Waals surface area contributed by atoms with E-state index in [1.165, 1.54) is 41.6 Å². The van der Waals surface area contributed by atoms with Crippen molar-refractivity contribution in [3.05, 3.63) is 95.5 Å². The van der Waals surface area contributed by atoms with E-state index in [4.69, 9.17) is 4.42 Å². The van der Waals surface area contributed by atoms with E-state index < -0.39 is 23.5 Å². The molecule has 0 saturated carbocycles. The molecule has 3 heterocycles. The lowest BCUT2D eigenvalue weighted by atomic mass is 9.96. The third-order valence-corrected chi connectivity index (χ3v) is 4.56. The van der Waals surface area contributed by atoms with Crippen molar-refractivity contribution in [2.45, 2.75) is 12.6 Å². The third-order valence-electron chi connectivity index (χ3n) is 4.56. The number of pyridine rings is 1. The first-order valence-corrected chi connectivity index (χ1v) is 8.53. The second-order valence-electron chi connectivity index (χ2n) is 6.30. The van der Waals surface area contributed by atoms with E-state index in [0.29, 0.717) is 11.3 Å². The number of amides is 1. The molecule has 1 aromatic carbocycles. The Balaban J connectivity index is 1.85. The van der Waals surface area contributed by atoms with Crippen molar-refractivity contribution in [1.82, 2.24) is 9.88 Å². The smallest absolute Gasteiger partial charge is 0.296 e. The highest BCUT2D eigenvalue weighted by Gasteiger charge is 2.46. The Hall–Kier alpha value is -3.74. The molecule has 1 aliphatic rings. The van der Waals surface area contributed by atoms with Gasteiger partial charge in [0.05, 0.1) is 24.4 Å². The molecule has 2 aromatic heterocycles. The highest BCUT2D eigenvalue weighted by Crippen LogP contribution is 2.39. The summed E-state index contributed by atoms with van der Waals surface area (Å²) in [6.07, 6.45) is 4.58. The molecule has 0 radical (unpaired) electrons. The number of halogens is 1. The average molecular weight is 378 g/mol. The quantitative estimate of drug-likeness (QED) is 0.427. The maximum absolute atomic E-state index is 13.2. The molecule has 28 heavy (non-hydrogen) atoms. The van der Waals surface area contributed by atoms with Crippen molar-refractivity contribution in [1.29, 1.82) is 0 Å². The molecular weight excluding hydrogens is 363 g/mol. The maximum atomic E-state index is 13.2. The van der Waals surface area contributed by atoms with Crippen molar-refractivity contribution in [3.8, 4) is 0 Å². The van der Waals surface area contributed by atoms with Gasteiger partial charge in [-0.1, -0.05) is 6.07 Å². The second kappa shape index (κ2) is 7.11. The largest absolute Gasteiger partial charge is 0.507 e. The Morgan fingerprint density at radius 3 is 2.57 bits per heavy atom. The van der Waals surface area contributed by atoms with E-state index in [9.17, 15) is 19.1 Å². The number of hydrogen-bond donors (Lipinski definition) is 1. The summed E-state index contributed by atoms with van der Waals surface area (Å²) in [6, 6.07) is 11.0. The number of hydrogen-bond acceptors (Lipinski definition) is 5. The van der Waals surface area contributed by atoms with Gasteiger partial charge in [-0.2, -0.15) is 0 Å². The number of likely N-dealkylation sites (tertiary alicyclic amines) is 1. The van der Waals surface area contributed by atoms with E-state index in [0.717, 1.165) is 0 Å². The summed E-state index contributed by atoms with van der Waals surface area (Å²) >= 11 is 0. The second-order valence-corrected chi connectivity index (χ2v) is 6.30. The van der Waals surface area contributed by atoms with Crippen LogP contribution in [0.2, 0.25) is 0 Å². The van der Waals surface area contributed by atoms with E-state index >= 15 is 0 Å². The van der Waals surface area contributed by atoms with Crippen LogP contribution >= 0.6 is 0 Å². The standard InChI is InChI=1S/C21H15FN2O4/c22-15-7-5-13(6-8-15)19(25)17-18(14-3-1-9-23-11-14)24(21(27)20(17)26)12-16-4-2-10-28-16/h1-11,18,25H,12H2/b19-17-. The normalized spacial score (nSPS) is 18.6. The minimum absolute atomic E-state index is 0.0529. The van der Waals surface area contributed by atoms with Crippen molar-refractivity contribution in [3.63, 3.8) is 0 Å². The van der Waals surface area contributed by atoms with E-state index in [1.54, 1.807) is 30.5 Å². The summed E-state index contributed by atoms with van der Waals surface area (Å²) in [4.78, 5) is 30.9. The Morgan fingerprint density at radius 1 is 1.14 bits per heavy atom. The molecule has 1 N–H and O–H groups in total. The number of aliphatic hydroxyl groups excluding tert-OH is 1. The average Bonchev–Trinajstić information content (AvgIpc) is 3.31. The number of furan rings is 1. The molecule has 3 aromatic rings. The zero-order valence-electron chi connectivity index (χ0n) is 14.6. The van der Waals surface area contributed by atoms with Crippen LogP contribution in [0.1, 0.15) is 22.9 Å². The number of aromatic nitrogens is 1. The minimum Gasteiger partial charge on any atom is -0.507 e. The van der Waals surface area contributed by atoms with Crippen molar-refractivity contribution >= 4 is 17.4 Å². The van der Waals surface area contributed by atoms with Crippen LogP contribution in [-0.4, -0.2) is 26.7 Å². The number of benzene rings is 1. The lowest BCUT2D eigenvalue weighted by Gasteiger charge is -2.24. The molecule has 140 valence electrons. The van der Waals surface area contributed by atoms with Crippen LogP contribution in [0, 0.1) is 5.82 Å². The van der Waals surface area contributed by atoms with Gasteiger partial charge in [-0.15, -0.1) is 0 Å². The van der Waals surface area contributed by atoms with E-state index in [1.807, 2.05) is 0 Å². The van der Waals surface area contributed by atoms with Crippen LogP contribution in [0.3, 0.4) is 0 Å². The number of carbonyl (C=O) groups excluding carboxylic acids is 2. The van der Waals surface area contributed by atoms with Crippen LogP contribution in [0.25, 0.3) is 5.76 Å². The van der Waals surface area contributed by atoms with Crippen molar-refractivity contribution in [2.24, 2.45) is 0 Å². The molecule has 1 atom stereocenters. The summed E-state index contributed by atoms with van der Waals surface area (Å²) in [7, 11) is 0. The molecule has 0 aliphatic carbocycles. The van der Waals surface area contributed by atoms with Crippen LogP contribution in [0.4, 0.5) is 4.39 Å². The summed E-state index contributed by atoms with van der Waals surface area (Å²) in [5, 5.41) is 10.8. The summed E-state index contributed by atoms with van der Waals surface area (Å²) < 4.78 is 18.6. The Bertz CT molecular complexity index is 1040. The Labute approximate surface area is 159 Å². The Kier molecular flexibility index (Phi) is 4.49. The minimum atomic E-state index is -0.844. The molecule has 1 amide bonds. The van der Waals surface area contributed by atoms with Crippen LogP contribution in [0.15, 0.2) is 77.2 Å². The topological polar surface area (TPSA) is 83.6 Å². The fourth-order valence-corrected chi connectivity index (χ4v) is 3.26. The highest BCUT2D eigenvalue weighted by molar-refractivity contribution is 6.46. The molecular formula is C21H15FN2O4. The SMILES string of the molecule is O=C1C(=O)N(Cc2ccco2)C(c2cccnc2)/C1=C(/O)c1ccc(F)cc1. The number of rotatable bonds is 4.